The van der Waals surface area contributed by atoms with Crippen LogP contribution < -0.4 is 10.2 Å². The van der Waals surface area contributed by atoms with Crippen LogP contribution >= 0.6 is 0 Å². The highest BCUT2D eigenvalue weighted by Gasteiger charge is 2.20. The topological polar surface area (TPSA) is 58.1 Å². The molecule has 1 fully saturated rings. The van der Waals surface area contributed by atoms with E-state index in [4.69, 9.17) is 0 Å². The van der Waals surface area contributed by atoms with Crippen LogP contribution in [0.4, 0.5) is 11.6 Å². The Morgan fingerprint density at radius 3 is 2.65 bits per heavy atom. The van der Waals surface area contributed by atoms with E-state index in [1.165, 1.54) is 0 Å². The number of aryl methyl sites for hydroxylation is 3. The molecule has 1 aliphatic heterocycles. The Morgan fingerprint density at radius 1 is 1.23 bits per heavy atom. The first kappa shape index (κ1) is 18.4. The normalized spacial score (nSPS) is 15.2. The Hall–Kier alpha value is -2.43. The van der Waals surface area contributed by atoms with Crippen LogP contribution in [0.1, 0.15) is 54.0 Å². The summed E-state index contributed by atoms with van der Waals surface area (Å²) in [5.74, 6) is 1.24. The van der Waals surface area contributed by atoms with E-state index in [2.05, 4.69) is 34.0 Å². The van der Waals surface area contributed by atoms with E-state index in [1.54, 1.807) is 6.07 Å². The molecule has 2 aromatic rings. The summed E-state index contributed by atoms with van der Waals surface area (Å²) in [6.07, 6.45) is 3.15. The van der Waals surface area contributed by atoms with Gasteiger partial charge in [-0.2, -0.15) is 0 Å². The molecule has 0 saturated carbocycles. The van der Waals surface area contributed by atoms with Gasteiger partial charge in [-0.3, -0.25) is 4.79 Å². The van der Waals surface area contributed by atoms with Gasteiger partial charge in [0.05, 0.1) is 0 Å². The average molecular weight is 352 g/mol. The molecule has 1 aliphatic rings. The van der Waals surface area contributed by atoms with Crippen molar-refractivity contribution in [3.05, 3.63) is 46.8 Å². The predicted octanol–water partition coefficient (Wildman–Crippen LogP) is 4.14. The zero-order valence-corrected chi connectivity index (χ0v) is 16.2. The summed E-state index contributed by atoms with van der Waals surface area (Å²) >= 11 is 0. The van der Waals surface area contributed by atoms with Crippen molar-refractivity contribution in [2.24, 2.45) is 5.92 Å². The molecule has 5 heteroatoms. The Balaban J connectivity index is 1.84. The first-order valence-corrected chi connectivity index (χ1v) is 9.48. The lowest BCUT2D eigenvalue weighted by atomic mass is 10.00. The van der Waals surface area contributed by atoms with E-state index in [0.29, 0.717) is 11.6 Å². The third-order valence-corrected chi connectivity index (χ3v) is 5.12. The van der Waals surface area contributed by atoms with Gasteiger partial charge in [-0.1, -0.05) is 32.0 Å². The maximum absolute atomic E-state index is 12.9. The van der Waals surface area contributed by atoms with Crippen LogP contribution in [0.25, 0.3) is 0 Å². The molecule has 1 aromatic heterocycles. The zero-order chi connectivity index (χ0) is 18.7. The second kappa shape index (κ2) is 7.85. The van der Waals surface area contributed by atoms with Gasteiger partial charge in [-0.15, -0.1) is 0 Å². The third kappa shape index (κ3) is 4.03. The quantitative estimate of drug-likeness (QED) is 0.898. The molecule has 0 spiro atoms. The lowest BCUT2D eigenvalue weighted by Crippen LogP contribution is -2.34. The van der Waals surface area contributed by atoms with Gasteiger partial charge in [-0.05, 0) is 56.2 Å². The molecule has 0 bridgehead atoms. The van der Waals surface area contributed by atoms with Gasteiger partial charge in [0.15, 0.2) is 0 Å². The number of benzene rings is 1. The monoisotopic (exact) mass is 352 g/mol. The minimum Gasteiger partial charge on any atom is -0.341 e. The van der Waals surface area contributed by atoms with E-state index in [0.717, 1.165) is 60.8 Å². The summed E-state index contributed by atoms with van der Waals surface area (Å²) in [5, 5.41) is 3.06. The number of hydrogen-bond acceptors (Lipinski definition) is 4. The van der Waals surface area contributed by atoms with Gasteiger partial charge in [0.1, 0.15) is 5.69 Å². The SMILES string of the molecule is CCc1cccc(C)c1NC(=O)c1cc(C)nc(N2CCC(C)CC2)n1. The lowest BCUT2D eigenvalue weighted by molar-refractivity contribution is 0.102. The number of nitrogens with zero attached hydrogens (tertiary/aromatic N) is 3. The lowest BCUT2D eigenvalue weighted by Gasteiger charge is -2.30. The molecule has 1 saturated heterocycles. The van der Waals surface area contributed by atoms with Crippen LogP contribution in [0.15, 0.2) is 24.3 Å². The van der Waals surface area contributed by atoms with Crippen molar-refractivity contribution < 1.29 is 4.79 Å². The number of hydrogen-bond donors (Lipinski definition) is 1. The van der Waals surface area contributed by atoms with Crippen LogP contribution in [-0.4, -0.2) is 29.0 Å². The summed E-state index contributed by atoms with van der Waals surface area (Å²) in [6, 6.07) is 7.85. The van der Waals surface area contributed by atoms with Gasteiger partial charge in [0.2, 0.25) is 5.95 Å². The van der Waals surface area contributed by atoms with E-state index >= 15 is 0 Å². The summed E-state index contributed by atoms with van der Waals surface area (Å²) in [4.78, 5) is 24.2. The number of aromatic nitrogens is 2. The number of rotatable bonds is 4. The standard InChI is InChI=1S/C21H28N4O/c1-5-17-8-6-7-15(3)19(17)24-20(26)18-13-16(4)22-21(23-18)25-11-9-14(2)10-12-25/h6-8,13-14H,5,9-12H2,1-4H3,(H,24,26). The number of amides is 1. The van der Waals surface area contributed by atoms with E-state index < -0.39 is 0 Å². The molecule has 2 heterocycles. The maximum atomic E-state index is 12.9. The smallest absolute Gasteiger partial charge is 0.274 e. The second-order valence-corrected chi connectivity index (χ2v) is 7.28. The molecule has 138 valence electrons. The zero-order valence-electron chi connectivity index (χ0n) is 16.2. The predicted molar refractivity (Wildman–Crippen MR) is 106 cm³/mol. The Bertz CT molecular complexity index is 795. The summed E-state index contributed by atoms with van der Waals surface area (Å²) < 4.78 is 0. The number of anilines is 2. The number of piperidine rings is 1. The molecule has 1 amide bonds. The molecule has 0 unspecified atom stereocenters. The average Bonchev–Trinajstić information content (AvgIpc) is 2.63. The van der Waals surface area contributed by atoms with Crippen LogP contribution in [0.2, 0.25) is 0 Å². The molecule has 0 atom stereocenters. The Labute approximate surface area is 155 Å². The van der Waals surface area contributed by atoms with Crippen molar-refractivity contribution in [2.45, 2.75) is 47.0 Å². The third-order valence-electron chi connectivity index (χ3n) is 5.12. The van der Waals surface area contributed by atoms with Gasteiger partial charge < -0.3 is 10.2 Å². The Morgan fingerprint density at radius 2 is 1.96 bits per heavy atom. The fraction of sp³-hybridized carbons (Fsp3) is 0.476. The molecular formula is C21H28N4O. The summed E-state index contributed by atoms with van der Waals surface area (Å²) in [5.41, 5.74) is 4.34. The maximum Gasteiger partial charge on any atom is 0.274 e. The van der Waals surface area contributed by atoms with E-state index in [1.807, 2.05) is 32.0 Å². The van der Waals surface area contributed by atoms with E-state index in [9.17, 15) is 4.79 Å². The molecule has 3 rings (SSSR count). The van der Waals surface area contributed by atoms with Crippen LogP contribution in [0.5, 0.6) is 0 Å². The first-order chi connectivity index (χ1) is 12.5. The Kier molecular flexibility index (Phi) is 5.55. The number of para-hydroxylation sites is 1. The van der Waals surface area contributed by atoms with Crippen molar-refractivity contribution in [1.29, 1.82) is 0 Å². The molecule has 0 radical (unpaired) electrons. The summed E-state index contributed by atoms with van der Waals surface area (Å²) in [7, 11) is 0. The highest BCUT2D eigenvalue weighted by molar-refractivity contribution is 6.04. The minimum absolute atomic E-state index is 0.175. The number of nitrogens with one attached hydrogen (secondary N) is 1. The highest BCUT2D eigenvalue weighted by Crippen LogP contribution is 2.23. The number of carbonyl (C=O) groups excluding carboxylic acids is 1. The van der Waals surface area contributed by atoms with Crippen molar-refractivity contribution in [3.8, 4) is 0 Å². The van der Waals surface area contributed by atoms with Crippen molar-refractivity contribution in [3.63, 3.8) is 0 Å². The largest absolute Gasteiger partial charge is 0.341 e. The van der Waals surface area contributed by atoms with Gasteiger partial charge >= 0.3 is 0 Å². The molecule has 5 nitrogen and oxygen atoms in total. The van der Waals surface area contributed by atoms with Crippen LogP contribution in [0, 0.1) is 19.8 Å². The fourth-order valence-electron chi connectivity index (χ4n) is 3.40. The molecular weight excluding hydrogens is 324 g/mol. The van der Waals surface area contributed by atoms with Crippen molar-refractivity contribution >= 4 is 17.5 Å². The number of carbonyl (C=O) groups is 1. The van der Waals surface area contributed by atoms with Gasteiger partial charge in [0.25, 0.3) is 5.91 Å². The molecule has 1 aromatic carbocycles. The highest BCUT2D eigenvalue weighted by atomic mass is 16.1. The summed E-state index contributed by atoms with van der Waals surface area (Å²) in [6.45, 7) is 10.2. The molecule has 1 N–H and O–H groups in total. The minimum atomic E-state index is -0.175. The van der Waals surface area contributed by atoms with Gasteiger partial charge in [0, 0.05) is 24.5 Å². The van der Waals surface area contributed by atoms with E-state index in [-0.39, 0.29) is 5.91 Å². The van der Waals surface area contributed by atoms with Crippen molar-refractivity contribution in [1.82, 2.24) is 9.97 Å². The second-order valence-electron chi connectivity index (χ2n) is 7.28. The van der Waals surface area contributed by atoms with Crippen molar-refractivity contribution in [2.75, 3.05) is 23.3 Å². The van der Waals surface area contributed by atoms with Crippen LogP contribution in [-0.2, 0) is 6.42 Å². The molecule has 26 heavy (non-hydrogen) atoms. The van der Waals surface area contributed by atoms with Gasteiger partial charge in [-0.25, -0.2) is 9.97 Å². The molecule has 0 aliphatic carbocycles. The van der Waals surface area contributed by atoms with Crippen LogP contribution in [0.3, 0.4) is 0 Å². The fourth-order valence-corrected chi connectivity index (χ4v) is 3.40. The first-order valence-electron chi connectivity index (χ1n) is 9.48.